The molecule has 1 amide bonds. The Bertz CT molecular complexity index is 445. The van der Waals surface area contributed by atoms with Crippen LogP contribution in [0.25, 0.3) is 0 Å². The van der Waals surface area contributed by atoms with Crippen LogP contribution in [0.1, 0.15) is 37.0 Å². The Morgan fingerprint density at radius 2 is 2.32 bits per heavy atom. The van der Waals surface area contributed by atoms with Crippen molar-refractivity contribution in [2.45, 2.75) is 38.8 Å². The average molecular weight is 263 g/mol. The van der Waals surface area contributed by atoms with Crippen molar-refractivity contribution < 1.29 is 14.6 Å². The number of rotatable bonds is 4. The molecule has 0 bridgehead atoms. The quantitative estimate of drug-likeness (QED) is 0.904. The normalized spacial score (nSPS) is 18.9. The summed E-state index contributed by atoms with van der Waals surface area (Å²) in [6, 6.07) is 7.21. The molecule has 1 N–H and O–H groups in total. The third-order valence-corrected chi connectivity index (χ3v) is 3.30. The summed E-state index contributed by atoms with van der Waals surface area (Å²) < 4.78 is 5.60. The van der Waals surface area contributed by atoms with Crippen molar-refractivity contribution in [1.82, 2.24) is 4.90 Å². The number of carbonyl (C=O) groups is 1. The van der Waals surface area contributed by atoms with Gasteiger partial charge in [0.2, 0.25) is 0 Å². The first-order valence-electron chi connectivity index (χ1n) is 6.80. The number of carbonyl (C=O) groups excluding carboxylic acids is 1. The fourth-order valence-corrected chi connectivity index (χ4v) is 2.43. The van der Waals surface area contributed by atoms with Crippen LogP contribution in [0.5, 0.6) is 5.75 Å². The van der Waals surface area contributed by atoms with E-state index in [4.69, 9.17) is 4.74 Å². The summed E-state index contributed by atoms with van der Waals surface area (Å²) in [5.74, 6) is 0.686. The lowest BCUT2D eigenvalue weighted by Crippen LogP contribution is -2.37. The molecule has 4 nitrogen and oxygen atoms in total. The van der Waals surface area contributed by atoms with Crippen molar-refractivity contribution in [2.24, 2.45) is 0 Å². The third kappa shape index (κ3) is 3.26. The second kappa shape index (κ2) is 6.06. The van der Waals surface area contributed by atoms with E-state index in [0.29, 0.717) is 11.3 Å². The third-order valence-electron chi connectivity index (χ3n) is 3.30. The largest absolute Gasteiger partial charge is 0.491 e. The molecule has 1 aliphatic rings. The lowest BCUT2D eigenvalue weighted by Gasteiger charge is -2.23. The predicted octanol–water partition coefficient (Wildman–Crippen LogP) is 2.07. The molecule has 0 radical (unpaired) electrons. The molecule has 2 rings (SSSR count). The molecule has 1 aliphatic heterocycles. The van der Waals surface area contributed by atoms with E-state index in [0.717, 1.165) is 19.4 Å². The summed E-state index contributed by atoms with van der Waals surface area (Å²) in [4.78, 5) is 14.2. The van der Waals surface area contributed by atoms with E-state index < -0.39 is 0 Å². The van der Waals surface area contributed by atoms with Crippen LogP contribution in [0, 0.1) is 0 Å². The van der Waals surface area contributed by atoms with E-state index in [-0.39, 0.29) is 24.7 Å². The molecule has 4 heteroatoms. The van der Waals surface area contributed by atoms with E-state index in [1.54, 1.807) is 17.0 Å². The Balaban J connectivity index is 2.14. The summed E-state index contributed by atoms with van der Waals surface area (Å²) in [5, 5.41) is 9.29. The molecule has 1 saturated heterocycles. The number of aliphatic hydroxyl groups is 1. The molecule has 104 valence electrons. The SMILES string of the molecule is CC(C)Oc1cccc(C(=O)N2CCC[C@@H]2CO)c1. The van der Waals surface area contributed by atoms with Crippen molar-refractivity contribution >= 4 is 5.91 Å². The van der Waals surface area contributed by atoms with Crippen LogP contribution in [0.3, 0.4) is 0 Å². The van der Waals surface area contributed by atoms with Crippen molar-refractivity contribution in [1.29, 1.82) is 0 Å². The zero-order valence-corrected chi connectivity index (χ0v) is 11.5. The van der Waals surface area contributed by atoms with Crippen LogP contribution in [0.4, 0.5) is 0 Å². The number of amides is 1. The molecule has 0 aromatic heterocycles. The molecular formula is C15H21NO3. The zero-order chi connectivity index (χ0) is 13.8. The summed E-state index contributed by atoms with van der Waals surface area (Å²) in [6.45, 7) is 4.67. The number of ether oxygens (including phenoxy) is 1. The number of aliphatic hydroxyl groups excluding tert-OH is 1. The van der Waals surface area contributed by atoms with Gasteiger partial charge in [0, 0.05) is 12.1 Å². The van der Waals surface area contributed by atoms with Crippen molar-refractivity contribution in [3.63, 3.8) is 0 Å². The van der Waals surface area contributed by atoms with Gasteiger partial charge in [-0.2, -0.15) is 0 Å². The molecule has 0 saturated carbocycles. The Hall–Kier alpha value is -1.55. The van der Waals surface area contributed by atoms with Gasteiger partial charge in [-0.1, -0.05) is 6.07 Å². The molecule has 19 heavy (non-hydrogen) atoms. The Labute approximate surface area is 114 Å². The highest BCUT2D eigenvalue weighted by Gasteiger charge is 2.28. The Morgan fingerprint density at radius 1 is 1.53 bits per heavy atom. The monoisotopic (exact) mass is 263 g/mol. The maximum absolute atomic E-state index is 12.4. The van der Waals surface area contributed by atoms with Crippen molar-refractivity contribution in [3.05, 3.63) is 29.8 Å². The van der Waals surface area contributed by atoms with Gasteiger partial charge in [-0.3, -0.25) is 4.79 Å². The first-order chi connectivity index (χ1) is 9.11. The molecule has 1 fully saturated rings. The van der Waals surface area contributed by atoms with Crippen LogP contribution in [0.2, 0.25) is 0 Å². The first-order valence-corrected chi connectivity index (χ1v) is 6.80. The molecule has 1 aromatic carbocycles. The summed E-state index contributed by atoms with van der Waals surface area (Å²) in [6.07, 6.45) is 1.92. The summed E-state index contributed by atoms with van der Waals surface area (Å²) >= 11 is 0. The number of nitrogens with zero attached hydrogens (tertiary/aromatic N) is 1. The predicted molar refractivity (Wildman–Crippen MR) is 73.4 cm³/mol. The molecule has 1 aromatic rings. The highest BCUT2D eigenvalue weighted by atomic mass is 16.5. The van der Waals surface area contributed by atoms with Gasteiger partial charge in [-0.15, -0.1) is 0 Å². The minimum absolute atomic E-state index is 0.0224. The topological polar surface area (TPSA) is 49.8 Å². The average Bonchev–Trinajstić information content (AvgIpc) is 2.85. The van der Waals surface area contributed by atoms with Gasteiger partial charge in [0.25, 0.3) is 5.91 Å². The van der Waals surface area contributed by atoms with Crippen LogP contribution in [-0.4, -0.2) is 41.2 Å². The van der Waals surface area contributed by atoms with Crippen LogP contribution < -0.4 is 4.74 Å². The van der Waals surface area contributed by atoms with Gasteiger partial charge in [0.05, 0.1) is 18.8 Å². The van der Waals surface area contributed by atoms with E-state index in [9.17, 15) is 9.90 Å². The lowest BCUT2D eigenvalue weighted by atomic mass is 10.1. The second-order valence-corrected chi connectivity index (χ2v) is 5.17. The number of likely N-dealkylation sites (tertiary alicyclic amines) is 1. The Morgan fingerprint density at radius 3 is 3.00 bits per heavy atom. The van der Waals surface area contributed by atoms with Crippen LogP contribution >= 0.6 is 0 Å². The maximum atomic E-state index is 12.4. The molecule has 0 aliphatic carbocycles. The van der Waals surface area contributed by atoms with Gasteiger partial charge < -0.3 is 14.7 Å². The van der Waals surface area contributed by atoms with Crippen LogP contribution in [-0.2, 0) is 0 Å². The van der Waals surface area contributed by atoms with Crippen molar-refractivity contribution in [2.75, 3.05) is 13.2 Å². The number of benzene rings is 1. The summed E-state index contributed by atoms with van der Waals surface area (Å²) in [5.41, 5.74) is 0.624. The molecule has 0 unspecified atom stereocenters. The smallest absolute Gasteiger partial charge is 0.254 e. The van der Waals surface area contributed by atoms with E-state index in [2.05, 4.69) is 0 Å². The van der Waals surface area contributed by atoms with Gasteiger partial charge in [0.1, 0.15) is 5.75 Å². The van der Waals surface area contributed by atoms with E-state index in [1.807, 2.05) is 26.0 Å². The maximum Gasteiger partial charge on any atom is 0.254 e. The first kappa shape index (κ1) is 13.9. The molecular weight excluding hydrogens is 242 g/mol. The highest BCUT2D eigenvalue weighted by Crippen LogP contribution is 2.22. The van der Waals surface area contributed by atoms with Gasteiger partial charge in [0.15, 0.2) is 0 Å². The fourth-order valence-electron chi connectivity index (χ4n) is 2.43. The van der Waals surface area contributed by atoms with E-state index in [1.165, 1.54) is 0 Å². The minimum Gasteiger partial charge on any atom is -0.491 e. The van der Waals surface area contributed by atoms with Gasteiger partial charge in [-0.05, 0) is 44.9 Å². The van der Waals surface area contributed by atoms with Gasteiger partial charge >= 0.3 is 0 Å². The lowest BCUT2D eigenvalue weighted by molar-refractivity contribution is 0.0677. The molecule has 1 atom stereocenters. The fraction of sp³-hybridized carbons (Fsp3) is 0.533. The van der Waals surface area contributed by atoms with Gasteiger partial charge in [-0.25, -0.2) is 0 Å². The highest BCUT2D eigenvalue weighted by molar-refractivity contribution is 5.95. The summed E-state index contributed by atoms with van der Waals surface area (Å²) in [7, 11) is 0. The van der Waals surface area contributed by atoms with Crippen LogP contribution in [0.15, 0.2) is 24.3 Å². The molecule has 1 heterocycles. The minimum atomic E-state index is -0.0397. The van der Waals surface area contributed by atoms with E-state index >= 15 is 0 Å². The van der Waals surface area contributed by atoms with Crippen molar-refractivity contribution in [3.8, 4) is 5.75 Å². The number of hydrogen-bond acceptors (Lipinski definition) is 3. The zero-order valence-electron chi connectivity index (χ0n) is 11.5. The number of hydrogen-bond donors (Lipinski definition) is 1. The molecule has 0 spiro atoms. The Kier molecular flexibility index (Phi) is 4.43. The standard InChI is InChI=1S/C15H21NO3/c1-11(2)19-14-7-3-5-12(9-14)15(18)16-8-4-6-13(16)10-17/h3,5,7,9,11,13,17H,4,6,8,10H2,1-2H3/t13-/m1/s1. The second-order valence-electron chi connectivity index (χ2n) is 5.17.